The Balaban J connectivity index is 1.20. The van der Waals surface area contributed by atoms with E-state index < -0.39 is 82.5 Å². The number of halogens is 2. The third-order valence-corrected chi connectivity index (χ3v) is 12.4. The van der Waals surface area contributed by atoms with E-state index in [9.17, 15) is 38.3 Å². The minimum Gasteiger partial charge on any atom is -0.480 e. The number of aromatic nitrogens is 1. The molecule has 1 saturated heterocycles. The normalized spacial score (nSPS) is 19.4. The Bertz CT molecular complexity index is 2080. The Hall–Kier alpha value is -5.17. The van der Waals surface area contributed by atoms with Crippen molar-refractivity contribution in [3.8, 4) is 11.1 Å². The summed E-state index contributed by atoms with van der Waals surface area (Å²) in [5.41, 5.74) is 13.2. The van der Waals surface area contributed by atoms with Crippen LogP contribution in [0, 0.1) is 23.0 Å². The molecule has 3 aromatic rings. The van der Waals surface area contributed by atoms with Crippen LogP contribution in [0.1, 0.15) is 70.2 Å². The standard InChI is InChI=1S/C43H55F2N7O8S/c1-43(2,3)38(34-18-27(30-19-28(44)10-12-31(30)45)22-50(34)21-25-7-5-4-6-8-25)51(37(55)23-53)15-13-32(46)40(57)49-29-11-9-26(17-29)39(56)48-14-16-52-36(54)20-35(41(52)58)61-24-33(47)42(59)60/h4-8,10,12,18-19,22,26,29,32-33,35,38,53H,9,11,13-17,20-21,23-24,46-47H2,1-3H3,(H,48,56)(H,49,57)(H,59,60)/t26-,29+,32+,33+,35?,38+/m1/s1. The number of rotatable bonds is 19. The van der Waals surface area contributed by atoms with Crippen LogP contribution in [0.4, 0.5) is 8.78 Å². The van der Waals surface area contributed by atoms with Gasteiger partial charge in [0.2, 0.25) is 29.5 Å². The topological polar surface area (TPSA) is 230 Å². The molecule has 1 aliphatic heterocycles. The summed E-state index contributed by atoms with van der Waals surface area (Å²) in [6.45, 7) is 5.24. The Morgan fingerprint density at radius 1 is 1.02 bits per heavy atom. The second-order valence-electron chi connectivity index (χ2n) is 16.7. The maximum atomic E-state index is 15.1. The van der Waals surface area contributed by atoms with Gasteiger partial charge >= 0.3 is 5.97 Å². The van der Waals surface area contributed by atoms with Crippen molar-refractivity contribution in [1.29, 1.82) is 0 Å². The van der Waals surface area contributed by atoms with Crippen LogP contribution in [0.2, 0.25) is 0 Å². The summed E-state index contributed by atoms with van der Waals surface area (Å²) in [6, 6.07) is 11.1. The molecule has 1 unspecified atom stereocenters. The highest BCUT2D eigenvalue weighted by molar-refractivity contribution is 8.00. The lowest BCUT2D eigenvalue weighted by molar-refractivity contribution is -0.140. The van der Waals surface area contributed by atoms with E-state index in [1.165, 1.54) is 4.90 Å². The van der Waals surface area contributed by atoms with Crippen molar-refractivity contribution in [2.24, 2.45) is 22.8 Å². The molecule has 2 aromatic carbocycles. The van der Waals surface area contributed by atoms with Crippen molar-refractivity contribution in [2.45, 2.75) is 88.8 Å². The van der Waals surface area contributed by atoms with Crippen molar-refractivity contribution in [3.05, 3.63) is 83.7 Å². The van der Waals surface area contributed by atoms with E-state index >= 15 is 4.39 Å². The number of carboxylic acids is 1. The number of hydrogen-bond donors (Lipinski definition) is 6. The number of imide groups is 1. The highest BCUT2D eigenvalue weighted by Gasteiger charge is 2.40. The van der Waals surface area contributed by atoms with Gasteiger partial charge in [-0.15, -0.1) is 11.8 Å². The molecule has 18 heteroatoms. The predicted octanol–water partition coefficient (Wildman–Crippen LogP) is 2.78. The lowest BCUT2D eigenvalue weighted by atomic mass is 9.82. The van der Waals surface area contributed by atoms with Gasteiger partial charge in [0.25, 0.3) is 0 Å². The molecule has 1 aliphatic carbocycles. The van der Waals surface area contributed by atoms with Gasteiger partial charge in [0.05, 0.1) is 17.3 Å². The minimum absolute atomic E-state index is 0.0191. The number of carboxylic acid groups (broad SMARTS) is 1. The number of carbonyl (C=O) groups is 6. The van der Waals surface area contributed by atoms with Crippen LogP contribution in [0.15, 0.2) is 60.8 Å². The molecule has 5 rings (SSSR count). The lowest BCUT2D eigenvalue weighted by Gasteiger charge is -2.41. The number of nitrogens with two attached hydrogens (primary N) is 2. The molecule has 330 valence electrons. The second kappa shape index (κ2) is 20.6. The van der Waals surface area contributed by atoms with Crippen LogP contribution in [-0.2, 0) is 35.3 Å². The zero-order chi connectivity index (χ0) is 44.6. The predicted molar refractivity (Wildman–Crippen MR) is 224 cm³/mol. The first-order valence-electron chi connectivity index (χ1n) is 20.3. The molecule has 15 nitrogen and oxygen atoms in total. The molecule has 2 aliphatic rings. The molecule has 1 saturated carbocycles. The number of hydrogen-bond acceptors (Lipinski definition) is 10. The molecule has 5 amide bonds. The third kappa shape index (κ3) is 12.0. The maximum Gasteiger partial charge on any atom is 0.321 e. The van der Waals surface area contributed by atoms with E-state index in [0.717, 1.165) is 40.4 Å². The van der Waals surface area contributed by atoms with Crippen LogP contribution in [0.25, 0.3) is 11.1 Å². The van der Waals surface area contributed by atoms with Gasteiger partial charge in [0.15, 0.2) is 0 Å². The zero-order valence-electron chi connectivity index (χ0n) is 34.5. The Kier molecular flexibility index (Phi) is 15.8. The number of thioether (sulfide) groups is 1. The number of aliphatic hydroxyl groups excluding tert-OH is 1. The van der Waals surface area contributed by atoms with E-state index in [-0.39, 0.29) is 55.7 Å². The first-order valence-corrected chi connectivity index (χ1v) is 21.3. The number of nitrogens with zero attached hydrogens (tertiary/aromatic N) is 3. The summed E-state index contributed by atoms with van der Waals surface area (Å²) in [4.78, 5) is 78.7. The number of aliphatic hydroxyl groups is 1. The molecule has 0 spiro atoms. The fraction of sp³-hybridized carbons (Fsp3) is 0.488. The largest absolute Gasteiger partial charge is 0.480 e. The highest BCUT2D eigenvalue weighted by atomic mass is 32.2. The van der Waals surface area contributed by atoms with Crippen LogP contribution >= 0.6 is 11.8 Å². The van der Waals surface area contributed by atoms with E-state index in [2.05, 4.69) is 10.6 Å². The van der Waals surface area contributed by atoms with Gasteiger partial charge in [0, 0.05) is 73.3 Å². The molecule has 0 bridgehead atoms. The monoisotopic (exact) mass is 867 g/mol. The Morgan fingerprint density at radius 3 is 2.41 bits per heavy atom. The average molecular weight is 868 g/mol. The summed E-state index contributed by atoms with van der Waals surface area (Å²) in [5.74, 6) is -5.13. The summed E-state index contributed by atoms with van der Waals surface area (Å²) < 4.78 is 31.3. The molecule has 0 radical (unpaired) electrons. The molecule has 61 heavy (non-hydrogen) atoms. The second-order valence-corrected chi connectivity index (χ2v) is 17.9. The van der Waals surface area contributed by atoms with Gasteiger partial charge in [0.1, 0.15) is 24.3 Å². The molecule has 1 aromatic heterocycles. The van der Waals surface area contributed by atoms with Crippen LogP contribution in [-0.4, -0.2) is 115 Å². The first-order chi connectivity index (χ1) is 28.9. The van der Waals surface area contributed by atoms with E-state index in [0.29, 0.717) is 37.1 Å². The summed E-state index contributed by atoms with van der Waals surface area (Å²) in [6.07, 6.45) is 2.97. The number of carbonyl (C=O) groups excluding carboxylic acids is 5. The Morgan fingerprint density at radius 2 is 1.74 bits per heavy atom. The van der Waals surface area contributed by atoms with Crippen molar-refractivity contribution >= 4 is 47.3 Å². The van der Waals surface area contributed by atoms with Gasteiger partial charge in [-0.2, -0.15) is 0 Å². The number of nitrogens with one attached hydrogen (secondary N) is 2. The first kappa shape index (κ1) is 46.9. The van der Waals surface area contributed by atoms with Crippen LogP contribution in [0.3, 0.4) is 0 Å². The number of likely N-dealkylation sites (tertiary alicyclic amines) is 1. The summed E-state index contributed by atoms with van der Waals surface area (Å²) in [5, 5.41) is 24.1. The minimum atomic E-state index is -1.20. The summed E-state index contributed by atoms with van der Waals surface area (Å²) >= 11 is 1.01. The molecule has 8 N–H and O–H groups in total. The van der Waals surface area contributed by atoms with E-state index in [1.54, 1.807) is 12.3 Å². The van der Waals surface area contributed by atoms with Crippen molar-refractivity contribution in [3.63, 3.8) is 0 Å². The number of amides is 5. The molecule has 2 heterocycles. The van der Waals surface area contributed by atoms with Gasteiger partial charge in [-0.05, 0) is 60.9 Å². The molecular weight excluding hydrogens is 813 g/mol. The fourth-order valence-electron chi connectivity index (χ4n) is 7.91. The van der Waals surface area contributed by atoms with Crippen LogP contribution < -0.4 is 22.1 Å². The van der Waals surface area contributed by atoms with Gasteiger partial charge in [-0.25, -0.2) is 8.78 Å². The number of aliphatic carboxylic acids is 1. The molecule has 6 atom stereocenters. The average Bonchev–Trinajstić information content (AvgIpc) is 3.92. The third-order valence-electron chi connectivity index (χ3n) is 11.0. The van der Waals surface area contributed by atoms with Gasteiger partial charge in [-0.3, -0.25) is 33.7 Å². The maximum absolute atomic E-state index is 15.1. The molecule has 2 fully saturated rings. The SMILES string of the molecule is CC(C)(C)[C@H](c1cc(-c2cc(F)ccc2F)cn1Cc1ccccc1)N(CC[C@H](N)C(=O)N[C@H]1CC[C@@H](C(=O)NCCN2C(=O)CC(SC[C@H](N)C(=O)O)C2=O)C1)C(=O)CO. The van der Waals surface area contributed by atoms with Crippen LogP contribution in [0.5, 0.6) is 0 Å². The van der Waals surface area contributed by atoms with Crippen molar-refractivity contribution in [2.75, 3.05) is 32.0 Å². The zero-order valence-corrected chi connectivity index (χ0v) is 35.3. The highest BCUT2D eigenvalue weighted by Crippen LogP contribution is 2.41. The van der Waals surface area contributed by atoms with Gasteiger partial charge < -0.3 is 41.8 Å². The number of benzene rings is 2. The molecular formula is C43H55F2N7O8S. The van der Waals surface area contributed by atoms with Crippen molar-refractivity contribution < 1.29 is 47.8 Å². The summed E-state index contributed by atoms with van der Waals surface area (Å²) in [7, 11) is 0. The van der Waals surface area contributed by atoms with E-state index in [4.69, 9.17) is 16.6 Å². The van der Waals surface area contributed by atoms with Gasteiger partial charge in [-0.1, -0.05) is 51.1 Å². The Labute approximate surface area is 357 Å². The van der Waals surface area contributed by atoms with E-state index in [1.807, 2.05) is 55.7 Å². The van der Waals surface area contributed by atoms with Crippen molar-refractivity contribution in [1.82, 2.24) is 25.0 Å². The quantitative estimate of drug-likeness (QED) is 0.0960. The smallest absolute Gasteiger partial charge is 0.321 e. The fourth-order valence-corrected chi connectivity index (χ4v) is 9.03. The lowest BCUT2D eigenvalue weighted by Crippen LogP contribution is -2.49.